The van der Waals surface area contributed by atoms with Gasteiger partial charge in [-0.15, -0.1) is 11.3 Å². The average Bonchev–Trinajstić information content (AvgIpc) is 3.11. The topological polar surface area (TPSA) is 84.9 Å². The second kappa shape index (κ2) is 11.3. The van der Waals surface area contributed by atoms with E-state index in [1.807, 2.05) is 0 Å². The van der Waals surface area contributed by atoms with Crippen molar-refractivity contribution in [3.8, 4) is 5.75 Å². The first kappa shape index (κ1) is 27.1. The zero-order valence-electron chi connectivity index (χ0n) is 19.2. The third-order valence-electron chi connectivity index (χ3n) is 4.84. The molecule has 0 radical (unpaired) electrons. The number of ether oxygens (including phenoxy) is 2. The number of halogens is 4. The SMILES string of the molecule is CCOC(=O)c1c(NC(=O)C(C)Oc2c(F)c(F)cc(F)c2F)sc(C(=O)N(CC)CC)c1C. The molecule has 7 nitrogen and oxygen atoms in total. The van der Waals surface area contributed by atoms with Gasteiger partial charge < -0.3 is 19.7 Å². The molecule has 0 aliphatic heterocycles. The minimum atomic E-state index is -1.80. The summed E-state index contributed by atoms with van der Waals surface area (Å²) in [6, 6.07) is 0.0107. The van der Waals surface area contributed by atoms with Crippen molar-refractivity contribution in [2.45, 2.75) is 40.7 Å². The molecule has 1 atom stereocenters. The Balaban J connectivity index is 2.40. The molecule has 12 heteroatoms. The van der Waals surface area contributed by atoms with E-state index in [9.17, 15) is 31.9 Å². The van der Waals surface area contributed by atoms with Gasteiger partial charge in [-0.3, -0.25) is 9.59 Å². The maximum absolute atomic E-state index is 13.9. The first-order valence-corrected chi connectivity index (χ1v) is 11.2. The molecule has 0 spiro atoms. The highest BCUT2D eigenvalue weighted by atomic mass is 32.1. The number of carbonyl (C=O) groups excluding carboxylic acids is 3. The van der Waals surface area contributed by atoms with Crippen LogP contribution in [-0.2, 0) is 9.53 Å². The quantitative estimate of drug-likeness (QED) is 0.305. The Labute approximate surface area is 197 Å². The van der Waals surface area contributed by atoms with Gasteiger partial charge in [0.15, 0.2) is 23.5 Å². The number of nitrogens with one attached hydrogen (secondary N) is 1. The van der Waals surface area contributed by atoms with E-state index in [-0.39, 0.29) is 39.6 Å². The van der Waals surface area contributed by atoms with Crippen LogP contribution in [-0.4, -0.2) is 48.5 Å². The summed E-state index contributed by atoms with van der Waals surface area (Å²) in [4.78, 5) is 39.8. The normalized spacial score (nSPS) is 11.7. The van der Waals surface area contributed by atoms with E-state index in [4.69, 9.17) is 9.47 Å². The van der Waals surface area contributed by atoms with Crippen LogP contribution in [0.2, 0.25) is 0 Å². The Morgan fingerprint density at radius 2 is 1.62 bits per heavy atom. The molecule has 2 rings (SSSR count). The van der Waals surface area contributed by atoms with Crippen LogP contribution in [0.1, 0.15) is 53.3 Å². The van der Waals surface area contributed by atoms with Gasteiger partial charge in [-0.2, -0.15) is 8.78 Å². The molecule has 186 valence electrons. The summed E-state index contributed by atoms with van der Waals surface area (Å²) in [5.74, 6) is -10.5. The van der Waals surface area contributed by atoms with Crippen LogP contribution in [0.15, 0.2) is 6.07 Å². The number of carbonyl (C=O) groups is 3. The number of hydrogen-bond donors (Lipinski definition) is 1. The molecular weight excluding hydrogens is 480 g/mol. The Kier molecular flexibility index (Phi) is 9.02. The lowest BCUT2D eigenvalue weighted by atomic mass is 10.1. The van der Waals surface area contributed by atoms with E-state index in [1.54, 1.807) is 20.8 Å². The van der Waals surface area contributed by atoms with Crippen LogP contribution >= 0.6 is 11.3 Å². The fraction of sp³-hybridized carbons (Fsp3) is 0.409. The number of nitrogens with zero attached hydrogens (tertiary/aromatic N) is 1. The second-order valence-corrected chi connectivity index (χ2v) is 8.03. The number of amides is 2. The minimum Gasteiger partial charge on any atom is -0.475 e. The number of esters is 1. The lowest BCUT2D eigenvalue weighted by Gasteiger charge is -2.18. The summed E-state index contributed by atoms with van der Waals surface area (Å²) in [5.41, 5.74) is 0.227. The van der Waals surface area contributed by atoms with Crippen molar-refractivity contribution in [1.82, 2.24) is 4.90 Å². The smallest absolute Gasteiger partial charge is 0.341 e. The average molecular weight is 505 g/mol. The van der Waals surface area contributed by atoms with Crippen LogP contribution < -0.4 is 10.1 Å². The molecule has 0 saturated carbocycles. The predicted octanol–water partition coefficient (Wildman–Crippen LogP) is 4.68. The predicted molar refractivity (Wildman–Crippen MR) is 117 cm³/mol. The lowest BCUT2D eigenvalue weighted by molar-refractivity contribution is -0.122. The molecule has 2 amide bonds. The first-order valence-electron chi connectivity index (χ1n) is 10.4. The highest BCUT2D eigenvalue weighted by Crippen LogP contribution is 2.35. The molecule has 0 bridgehead atoms. The van der Waals surface area contributed by atoms with Crippen LogP contribution in [0.25, 0.3) is 0 Å². The fourth-order valence-electron chi connectivity index (χ4n) is 3.01. The summed E-state index contributed by atoms with van der Waals surface area (Å²) in [6.07, 6.45) is -1.63. The number of thiophene rings is 1. The van der Waals surface area contributed by atoms with Crippen molar-refractivity contribution < 1.29 is 41.4 Å². The first-order chi connectivity index (χ1) is 16.0. The number of rotatable bonds is 9. The highest BCUT2D eigenvalue weighted by molar-refractivity contribution is 7.18. The van der Waals surface area contributed by atoms with Crippen LogP contribution in [0, 0.1) is 30.2 Å². The monoisotopic (exact) mass is 504 g/mol. The standard InChI is InChI=1S/C22H24F4N2O5S/c1-6-28(7-2)21(30)18-10(4)14(22(31)32-8-3)20(34-18)27-19(29)11(5)33-17-15(25)12(23)9-13(24)16(17)26/h9,11H,6-8H2,1-5H3,(H,27,29). The van der Waals surface area contributed by atoms with E-state index in [1.165, 1.54) is 11.8 Å². The largest absolute Gasteiger partial charge is 0.475 e. The molecular formula is C22H24F4N2O5S. The summed E-state index contributed by atoms with van der Waals surface area (Å²) in [6.45, 7) is 8.61. The van der Waals surface area contributed by atoms with Gasteiger partial charge in [0, 0.05) is 19.2 Å². The van der Waals surface area contributed by atoms with Crippen molar-refractivity contribution in [2.24, 2.45) is 0 Å². The van der Waals surface area contributed by atoms with Gasteiger partial charge in [-0.05, 0) is 40.2 Å². The molecule has 0 aliphatic carbocycles. The maximum Gasteiger partial charge on any atom is 0.341 e. The zero-order chi connectivity index (χ0) is 25.7. The second-order valence-electron chi connectivity index (χ2n) is 7.00. The van der Waals surface area contributed by atoms with Crippen LogP contribution in [0.4, 0.5) is 22.6 Å². The van der Waals surface area contributed by atoms with Gasteiger partial charge in [0.05, 0.1) is 17.0 Å². The molecule has 1 heterocycles. The summed E-state index contributed by atoms with van der Waals surface area (Å²) in [5, 5.41) is 2.34. The van der Waals surface area contributed by atoms with Crippen molar-refractivity contribution in [3.05, 3.63) is 45.3 Å². The van der Waals surface area contributed by atoms with Crippen molar-refractivity contribution in [2.75, 3.05) is 25.0 Å². The van der Waals surface area contributed by atoms with Gasteiger partial charge in [0.1, 0.15) is 5.00 Å². The highest BCUT2D eigenvalue weighted by Gasteiger charge is 2.30. The minimum absolute atomic E-state index is 0.0107. The summed E-state index contributed by atoms with van der Waals surface area (Å²) >= 11 is 0.823. The van der Waals surface area contributed by atoms with Crippen LogP contribution in [0.5, 0.6) is 5.75 Å². The van der Waals surface area contributed by atoms with Gasteiger partial charge >= 0.3 is 5.97 Å². The van der Waals surface area contributed by atoms with E-state index >= 15 is 0 Å². The van der Waals surface area contributed by atoms with Crippen molar-refractivity contribution >= 4 is 34.1 Å². The molecule has 0 fully saturated rings. The Morgan fingerprint density at radius 3 is 2.12 bits per heavy atom. The van der Waals surface area contributed by atoms with Gasteiger partial charge in [-0.1, -0.05) is 0 Å². The molecule has 1 N–H and O–H groups in total. The third kappa shape index (κ3) is 5.49. The van der Waals surface area contributed by atoms with Crippen LogP contribution in [0.3, 0.4) is 0 Å². The van der Waals surface area contributed by atoms with E-state index < -0.39 is 47.0 Å². The molecule has 1 unspecified atom stereocenters. The lowest BCUT2D eigenvalue weighted by Crippen LogP contribution is -2.31. The Morgan fingerprint density at radius 1 is 1.06 bits per heavy atom. The molecule has 1 aromatic heterocycles. The molecule has 0 aliphatic rings. The Bertz CT molecular complexity index is 1080. The Hall–Kier alpha value is -3.15. The maximum atomic E-state index is 13.9. The van der Waals surface area contributed by atoms with Crippen molar-refractivity contribution in [1.29, 1.82) is 0 Å². The molecule has 1 aromatic carbocycles. The molecule has 34 heavy (non-hydrogen) atoms. The number of hydrogen-bond acceptors (Lipinski definition) is 6. The van der Waals surface area contributed by atoms with Gasteiger partial charge in [0.2, 0.25) is 11.6 Å². The molecule has 0 saturated heterocycles. The van der Waals surface area contributed by atoms with E-state index in [0.717, 1.165) is 18.3 Å². The zero-order valence-corrected chi connectivity index (χ0v) is 20.0. The number of benzene rings is 1. The fourth-order valence-corrected chi connectivity index (χ4v) is 4.17. The number of anilines is 1. The van der Waals surface area contributed by atoms with Crippen molar-refractivity contribution in [3.63, 3.8) is 0 Å². The van der Waals surface area contributed by atoms with E-state index in [0.29, 0.717) is 13.1 Å². The molecule has 2 aromatic rings. The van der Waals surface area contributed by atoms with Gasteiger partial charge in [0.25, 0.3) is 11.8 Å². The summed E-state index contributed by atoms with van der Waals surface area (Å²) < 4.78 is 64.5. The third-order valence-corrected chi connectivity index (χ3v) is 6.04. The summed E-state index contributed by atoms with van der Waals surface area (Å²) in [7, 11) is 0. The van der Waals surface area contributed by atoms with Gasteiger partial charge in [-0.25, -0.2) is 13.6 Å². The van der Waals surface area contributed by atoms with E-state index in [2.05, 4.69) is 5.32 Å².